The summed E-state index contributed by atoms with van der Waals surface area (Å²) in [5.41, 5.74) is 1.77. The number of carbonyl (C=O) groups is 2. The Labute approximate surface area is 156 Å². The summed E-state index contributed by atoms with van der Waals surface area (Å²) in [6.07, 6.45) is 1.96. The van der Waals surface area contributed by atoms with Crippen molar-refractivity contribution in [1.82, 2.24) is 15.6 Å². The smallest absolute Gasteiger partial charge is 0.326 e. The molecule has 3 aromatic rings. The van der Waals surface area contributed by atoms with Gasteiger partial charge in [0.15, 0.2) is 0 Å². The van der Waals surface area contributed by atoms with Crippen LogP contribution in [0.15, 0.2) is 60.8 Å². The number of para-hydroxylation sites is 2. The van der Waals surface area contributed by atoms with Crippen LogP contribution < -0.4 is 15.4 Å². The predicted molar refractivity (Wildman–Crippen MR) is 102 cm³/mol. The average molecular weight is 367 g/mol. The molecule has 1 heterocycles. The summed E-state index contributed by atoms with van der Waals surface area (Å²) >= 11 is 0. The average Bonchev–Trinajstić information content (AvgIpc) is 3.08. The Bertz CT molecular complexity index is 908. The number of aromatic amines is 1. The van der Waals surface area contributed by atoms with Crippen molar-refractivity contribution in [2.75, 3.05) is 13.2 Å². The lowest BCUT2D eigenvalue weighted by Crippen LogP contribution is -2.47. The first-order valence-corrected chi connectivity index (χ1v) is 8.63. The number of amides is 2. The van der Waals surface area contributed by atoms with Crippen LogP contribution in [0, 0.1) is 0 Å². The highest BCUT2D eigenvalue weighted by molar-refractivity contribution is 5.86. The van der Waals surface area contributed by atoms with Gasteiger partial charge in [-0.1, -0.05) is 36.4 Å². The molecule has 4 N–H and O–H groups in total. The summed E-state index contributed by atoms with van der Waals surface area (Å²) in [6, 6.07) is 15.3. The highest BCUT2D eigenvalue weighted by atomic mass is 16.5. The molecule has 0 bridgehead atoms. The third-order valence-corrected chi connectivity index (χ3v) is 4.10. The van der Waals surface area contributed by atoms with E-state index in [2.05, 4.69) is 15.6 Å². The first-order valence-electron chi connectivity index (χ1n) is 8.63. The molecule has 2 amide bonds. The second kappa shape index (κ2) is 8.75. The van der Waals surface area contributed by atoms with Crippen molar-refractivity contribution in [3.8, 4) is 5.75 Å². The van der Waals surface area contributed by atoms with Crippen molar-refractivity contribution in [2.45, 2.75) is 12.5 Å². The normalized spacial score (nSPS) is 11.7. The number of rotatable bonds is 8. The zero-order valence-corrected chi connectivity index (χ0v) is 14.6. The van der Waals surface area contributed by atoms with Crippen LogP contribution in [-0.4, -0.2) is 41.3 Å². The highest BCUT2D eigenvalue weighted by Crippen LogP contribution is 2.19. The number of fused-ring (bicyclic) bond motifs is 1. The summed E-state index contributed by atoms with van der Waals surface area (Å²) < 4.78 is 5.48. The van der Waals surface area contributed by atoms with Gasteiger partial charge in [0.05, 0.1) is 6.54 Å². The Balaban J connectivity index is 1.50. The lowest BCUT2D eigenvalue weighted by molar-refractivity contribution is -0.139. The molecule has 3 rings (SSSR count). The van der Waals surface area contributed by atoms with E-state index < -0.39 is 18.0 Å². The molecule has 140 valence electrons. The maximum atomic E-state index is 12.0. The molecule has 1 atom stereocenters. The molecule has 0 aliphatic rings. The largest absolute Gasteiger partial charge is 0.492 e. The van der Waals surface area contributed by atoms with Crippen LogP contribution in [-0.2, 0) is 11.2 Å². The molecule has 7 nitrogen and oxygen atoms in total. The molecule has 0 saturated heterocycles. The fourth-order valence-electron chi connectivity index (χ4n) is 2.78. The standard InChI is InChI=1S/C20H21N3O4/c24-19(25)18(12-14-13-22-17-9-5-4-8-16(14)17)23-20(26)21-10-11-27-15-6-2-1-3-7-15/h1-9,13,18,22H,10-12H2,(H,24,25)(H2,21,23,26)/t18-/m0/s1. The number of aromatic nitrogens is 1. The SMILES string of the molecule is O=C(NCCOc1ccccc1)N[C@@H](Cc1c[nH]c2ccccc12)C(=O)O. The molecule has 2 aromatic carbocycles. The summed E-state index contributed by atoms with van der Waals surface area (Å²) in [7, 11) is 0. The number of urea groups is 1. The number of H-pyrrole nitrogens is 1. The van der Waals surface area contributed by atoms with E-state index in [1.165, 1.54) is 0 Å². The number of benzene rings is 2. The van der Waals surface area contributed by atoms with Gasteiger partial charge in [0.25, 0.3) is 0 Å². The van der Waals surface area contributed by atoms with Crippen LogP contribution in [0.2, 0.25) is 0 Å². The number of carboxylic acids is 1. The van der Waals surface area contributed by atoms with Crippen molar-refractivity contribution in [1.29, 1.82) is 0 Å². The maximum absolute atomic E-state index is 12.0. The van der Waals surface area contributed by atoms with Crippen LogP contribution in [0.25, 0.3) is 10.9 Å². The molecule has 7 heteroatoms. The third kappa shape index (κ3) is 5.01. The molecular weight excluding hydrogens is 346 g/mol. The molecule has 0 radical (unpaired) electrons. The van der Waals surface area contributed by atoms with Crippen molar-refractivity contribution < 1.29 is 19.4 Å². The summed E-state index contributed by atoms with van der Waals surface area (Å²) in [4.78, 5) is 26.7. The molecule has 0 saturated carbocycles. The minimum absolute atomic E-state index is 0.188. The van der Waals surface area contributed by atoms with Gasteiger partial charge in [0.1, 0.15) is 18.4 Å². The van der Waals surface area contributed by atoms with Crippen LogP contribution in [0.3, 0.4) is 0 Å². The Morgan fingerprint density at radius 2 is 1.81 bits per heavy atom. The van der Waals surface area contributed by atoms with Crippen molar-refractivity contribution in [3.05, 3.63) is 66.4 Å². The van der Waals surface area contributed by atoms with Crippen LogP contribution >= 0.6 is 0 Å². The first kappa shape index (κ1) is 18.3. The van der Waals surface area contributed by atoms with E-state index in [1.54, 1.807) is 6.20 Å². The minimum Gasteiger partial charge on any atom is -0.492 e. The van der Waals surface area contributed by atoms with Gasteiger partial charge in [-0.25, -0.2) is 9.59 Å². The number of carbonyl (C=O) groups excluding carboxylic acids is 1. The third-order valence-electron chi connectivity index (χ3n) is 4.10. The molecule has 0 fully saturated rings. The molecule has 0 aliphatic heterocycles. The second-order valence-corrected chi connectivity index (χ2v) is 6.02. The van der Waals surface area contributed by atoms with E-state index in [1.807, 2.05) is 54.6 Å². The molecule has 0 spiro atoms. The minimum atomic E-state index is -1.09. The number of nitrogens with one attached hydrogen (secondary N) is 3. The van der Waals surface area contributed by atoms with Crippen LogP contribution in [0.4, 0.5) is 4.79 Å². The van der Waals surface area contributed by atoms with E-state index >= 15 is 0 Å². The quantitative estimate of drug-likeness (QED) is 0.459. The Morgan fingerprint density at radius 1 is 1.07 bits per heavy atom. The van der Waals surface area contributed by atoms with Gasteiger partial charge < -0.3 is 25.5 Å². The lowest BCUT2D eigenvalue weighted by atomic mass is 10.1. The number of carboxylic acid groups (broad SMARTS) is 1. The number of aliphatic carboxylic acids is 1. The monoisotopic (exact) mass is 367 g/mol. The zero-order valence-electron chi connectivity index (χ0n) is 14.6. The van der Waals surface area contributed by atoms with Crippen molar-refractivity contribution in [3.63, 3.8) is 0 Å². The predicted octanol–water partition coefficient (Wildman–Crippen LogP) is 2.54. The van der Waals surface area contributed by atoms with Gasteiger partial charge >= 0.3 is 12.0 Å². The van der Waals surface area contributed by atoms with Crippen molar-refractivity contribution >= 4 is 22.9 Å². The molecule has 1 aromatic heterocycles. The van der Waals surface area contributed by atoms with E-state index in [0.717, 1.165) is 16.5 Å². The van der Waals surface area contributed by atoms with E-state index in [9.17, 15) is 14.7 Å². The van der Waals surface area contributed by atoms with E-state index in [0.29, 0.717) is 5.75 Å². The Kier molecular flexibility index (Phi) is 5.94. The Morgan fingerprint density at radius 3 is 2.59 bits per heavy atom. The number of hydrogen-bond donors (Lipinski definition) is 4. The van der Waals surface area contributed by atoms with Crippen LogP contribution in [0.1, 0.15) is 5.56 Å². The summed E-state index contributed by atoms with van der Waals surface area (Å²) in [5, 5.41) is 15.5. The van der Waals surface area contributed by atoms with Gasteiger partial charge in [-0.2, -0.15) is 0 Å². The summed E-state index contributed by atoms with van der Waals surface area (Å²) in [6.45, 7) is 0.553. The van der Waals surface area contributed by atoms with Gasteiger partial charge in [0.2, 0.25) is 0 Å². The number of hydrogen-bond acceptors (Lipinski definition) is 3. The second-order valence-electron chi connectivity index (χ2n) is 6.02. The number of ether oxygens (including phenoxy) is 1. The van der Waals surface area contributed by atoms with E-state index in [4.69, 9.17) is 4.74 Å². The molecule has 0 unspecified atom stereocenters. The summed E-state index contributed by atoms with van der Waals surface area (Å²) in [5.74, 6) is -0.376. The topological polar surface area (TPSA) is 103 Å². The molecule has 0 aliphatic carbocycles. The Hall–Kier alpha value is -3.48. The maximum Gasteiger partial charge on any atom is 0.326 e. The molecular formula is C20H21N3O4. The van der Waals surface area contributed by atoms with Crippen LogP contribution in [0.5, 0.6) is 5.75 Å². The van der Waals surface area contributed by atoms with Gasteiger partial charge in [-0.3, -0.25) is 0 Å². The van der Waals surface area contributed by atoms with Gasteiger partial charge in [-0.05, 0) is 23.8 Å². The van der Waals surface area contributed by atoms with Gasteiger partial charge in [0, 0.05) is 23.5 Å². The zero-order chi connectivity index (χ0) is 19.1. The van der Waals surface area contributed by atoms with Crippen molar-refractivity contribution in [2.24, 2.45) is 0 Å². The first-order chi connectivity index (χ1) is 13.1. The fraction of sp³-hybridized carbons (Fsp3) is 0.200. The van der Waals surface area contributed by atoms with E-state index in [-0.39, 0.29) is 19.6 Å². The fourth-order valence-corrected chi connectivity index (χ4v) is 2.78. The van der Waals surface area contributed by atoms with Gasteiger partial charge in [-0.15, -0.1) is 0 Å². The molecule has 27 heavy (non-hydrogen) atoms. The lowest BCUT2D eigenvalue weighted by Gasteiger charge is -2.15. The highest BCUT2D eigenvalue weighted by Gasteiger charge is 2.21.